The Kier molecular flexibility index (Phi) is 3.98. The molecule has 0 aromatic carbocycles. The highest BCUT2D eigenvalue weighted by Gasteiger charge is 2.10. The largest absolute Gasteiger partial charge is 0.359 e. The van der Waals surface area contributed by atoms with Crippen LogP contribution in [-0.4, -0.2) is 16.0 Å². The van der Waals surface area contributed by atoms with Crippen molar-refractivity contribution in [1.29, 1.82) is 0 Å². The number of nitrogens with zero attached hydrogens (tertiary/aromatic N) is 2. The number of aromatic nitrogens is 2. The topological polar surface area (TPSA) is 106 Å². The molecule has 0 aliphatic heterocycles. The number of carbonyl (C=O) groups excluding carboxylic acids is 1. The van der Waals surface area contributed by atoms with Crippen LogP contribution in [0.1, 0.15) is 21.8 Å². The van der Waals surface area contributed by atoms with Gasteiger partial charge in [0.2, 0.25) is 0 Å². The Balaban J connectivity index is 2.01. The minimum absolute atomic E-state index is 0.244. The van der Waals surface area contributed by atoms with Gasteiger partial charge in [-0.25, -0.2) is 10.8 Å². The van der Waals surface area contributed by atoms with Crippen molar-refractivity contribution in [3.05, 3.63) is 40.4 Å². The van der Waals surface area contributed by atoms with Gasteiger partial charge in [-0.2, -0.15) is 0 Å². The molecule has 0 saturated carbocycles. The molecule has 100 valence electrons. The number of pyridine rings is 1. The lowest BCUT2D eigenvalue weighted by Gasteiger charge is -2.05. The van der Waals surface area contributed by atoms with Gasteiger partial charge in [-0.15, -0.1) is 0 Å². The van der Waals surface area contributed by atoms with Gasteiger partial charge in [0.25, 0.3) is 5.91 Å². The van der Waals surface area contributed by atoms with Crippen LogP contribution in [0, 0.1) is 6.92 Å². The van der Waals surface area contributed by atoms with E-state index in [-0.39, 0.29) is 17.5 Å². The predicted octanol–water partition coefficient (Wildman–Crippen LogP) is 1.25. The zero-order chi connectivity index (χ0) is 13.8. The molecule has 0 bridgehead atoms. The number of aryl methyl sites for hydroxylation is 1. The first-order chi connectivity index (χ1) is 9.10. The van der Waals surface area contributed by atoms with Gasteiger partial charge in [-0.1, -0.05) is 16.8 Å². The monoisotopic (exact) mass is 281 g/mol. The first kappa shape index (κ1) is 13.3. The maximum atomic E-state index is 11.9. The van der Waals surface area contributed by atoms with E-state index in [2.05, 4.69) is 20.9 Å². The third-order valence-corrected chi connectivity index (χ3v) is 2.63. The quantitative estimate of drug-likeness (QED) is 0.575. The first-order valence-corrected chi connectivity index (χ1v) is 5.80. The van der Waals surface area contributed by atoms with Crippen LogP contribution in [-0.2, 0) is 6.54 Å². The van der Waals surface area contributed by atoms with Crippen LogP contribution in [0.2, 0.25) is 5.02 Å². The van der Waals surface area contributed by atoms with Gasteiger partial charge in [0.05, 0.1) is 22.8 Å². The van der Waals surface area contributed by atoms with Crippen molar-refractivity contribution in [2.24, 2.45) is 5.84 Å². The van der Waals surface area contributed by atoms with E-state index in [0.717, 1.165) is 5.69 Å². The summed E-state index contributed by atoms with van der Waals surface area (Å²) in [7, 11) is 0. The minimum atomic E-state index is -0.313. The van der Waals surface area contributed by atoms with E-state index in [9.17, 15) is 4.79 Å². The zero-order valence-electron chi connectivity index (χ0n) is 10.1. The number of nitrogens with two attached hydrogens (primary N) is 1. The molecule has 0 radical (unpaired) electrons. The molecule has 4 N–H and O–H groups in total. The molecule has 0 unspecified atom stereocenters. The van der Waals surface area contributed by atoms with Crippen LogP contribution in [0.25, 0.3) is 0 Å². The van der Waals surface area contributed by atoms with Gasteiger partial charge in [0, 0.05) is 12.3 Å². The van der Waals surface area contributed by atoms with E-state index >= 15 is 0 Å². The fraction of sp³-hybridized carbons (Fsp3) is 0.182. The molecule has 0 atom stereocenters. The van der Waals surface area contributed by atoms with Crippen molar-refractivity contribution in [2.45, 2.75) is 13.5 Å². The number of nitrogen functional groups attached to an aromatic ring is 1. The average Bonchev–Trinajstić information content (AvgIpc) is 2.81. The third kappa shape index (κ3) is 3.21. The van der Waals surface area contributed by atoms with Crippen LogP contribution >= 0.6 is 11.6 Å². The first-order valence-electron chi connectivity index (χ1n) is 5.42. The molecule has 2 heterocycles. The number of hydrogen-bond donors (Lipinski definition) is 3. The number of halogens is 1. The highest BCUT2D eigenvalue weighted by Crippen LogP contribution is 2.18. The van der Waals surface area contributed by atoms with Gasteiger partial charge in [-0.05, 0) is 13.0 Å². The molecule has 0 aliphatic rings. The fourth-order valence-electron chi connectivity index (χ4n) is 1.44. The van der Waals surface area contributed by atoms with Crippen LogP contribution < -0.4 is 16.6 Å². The average molecular weight is 282 g/mol. The molecular formula is C11H12ClN5O2. The summed E-state index contributed by atoms with van der Waals surface area (Å²) in [6, 6.07) is 3.22. The number of hydrazine groups is 1. The molecule has 19 heavy (non-hydrogen) atoms. The Morgan fingerprint density at radius 3 is 2.89 bits per heavy atom. The van der Waals surface area contributed by atoms with Crippen molar-refractivity contribution in [1.82, 2.24) is 15.5 Å². The molecule has 0 saturated heterocycles. The summed E-state index contributed by atoms with van der Waals surface area (Å²) in [5, 5.41) is 6.66. The van der Waals surface area contributed by atoms with Gasteiger partial charge < -0.3 is 15.3 Å². The van der Waals surface area contributed by atoms with Crippen LogP contribution in [0.3, 0.4) is 0 Å². The standard InChI is InChI=1S/C11H12ClN5O2/c1-6-2-8(19-17-6)5-15-11(18)7-3-9(12)10(16-13)14-4-7/h2-4H,5,13H2,1H3,(H,14,16)(H,15,18). The second-order valence-electron chi connectivity index (χ2n) is 3.82. The summed E-state index contributed by atoms with van der Waals surface area (Å²) >= 11 is 5.88. The Morgan fingerprint density at radius 2 is 2.32 bits per heavy atom. The summed E-state index contributed by atoms with van der Waals surface area (Å²) < 4.78 is 4.98. The molecule has 2 rings (SSSR count). The lowest BCUT2D eigenvalue weighted by atomic mass is 10.2. The number of hydrogen-bond acceptors (Lipinski definition) is 6. The normalized spacial score (nSPS) is 10.3. The second-order valence-corrected chi connectivity index (χ2v) is 4.22. The number of carbonyl (C=O) groups is 1. The number of amides is 1. The number of nitrogens with one attached hydrogen (secondary N) is 2. The van der Waals surface area contributed by atoms with E-state index in [1.54, 1.807) is 13.0 Å². The summed E-state index contributed by atoms with van der Waals surface area (Å²) in [5.41, 5.74) is 3.41. The summed E-state index contributed by atoms with van der Waals surface area (Å²) in [6.45, 7) is 2.05. The third-order valence-electron chi connectivity index (χ3n) is 2.34. The molecular weight excluding hydrogens is 270 g/mol. The van der Waals surface area contributed by atoms with Crippen molar-refractivity contribution < 1.29 is 9.32 Å². The molecule has 7 nitrogen and oxygen atoms in total. The second kappa shape index (κ2) is 5.68. The molecule has 1 amide bonds. The molecule has 0 fully saturated rings. The predicted molar refractivity (Wildman–Crippen MR) is 69.5 cm³/mol. The maximum absolute atomic E-state index is 11.9. The molecule has 2 aromatic heterocycles. The van der Waals surface area contributed by atoms with Crippen LogP contribution in [0.15, 0.2) is 22.9 Å². The Morgan fingerprint density at radius 1 is 1.53 bits per heavy atom. The summed E-state index contributed by atoms with van der Waals surface area (Å²) in [5.74, 6) is 5.77. The van der Waals surface area contributed by atoms with Crippen molar-refractivity contribution in [2.75, 3.05) is 5.43 Å². The lowest BCUT2D eigenvalue weighted by Crippen LogP contribution is -2.23. The SMILES string of the molecule is Cc1cc(CNC(=O)c2cnc(NN)c(Cl)c2)on1. The van der Waals surface area contributed by atoms with Crippen LogP contribution in [0.5, 0.6) is 0 Å². The van der Waals surface area contributed by atoms with E-state index in [1.807, 2.05) is 0 Å². The highest BCUT2D eigenvalue weighted by atomic mass is 35.5. The van der Waals surface area contributed by atoms with Crippen LogP contribution in [0.4, 0.5) is 5.82 Å². The van der Waals surface area contributed by atoms with Gasteiger partial charge >= 0.3 is 0 Å². The zero-order valence-corrected chi connectivity index (χ0v) is 10.9. The number of anilines is 1. The summed E-state index contributed by atoms with van der Waals surface area (Å²) in [4.78, 5) is 15.8. The van der Waals surface area contributed by atoms with Crippen molar-refractivity contribution in [3.63, 3.8) is 0 Å². The molecule has 2 aromatic rings. The fourth-order valence-corrected chi connectivity index (χ4v) is 1.66. The Bertz CT molecular complexity index is 599. The van der Waals surface area contributed by atoms with Gasteiger partial charge in [-0.3, -0.25) is 4.79 Å². The lowest BCUT2D eigenvalue weighted by molar-refractivity contribution is 0.0946. The smallest absolute Gasteiger partial charge is 0.253 e. The maximum Gasteiger partial charge on any atom is 0.253 e. The summed E-state index contributed by atoms with van der Waals surface area (Å²) in [6.07, 6.45) is 1.38. The Labute approximate surface area is 114 Å². The minimum Gasteiger partial charge on any atom is -0.359 e. The Hall–Kier alpha value is -2.12. The molecule has 0 aliphatic carbocycles. The molecule has 0 spiro atoms. The van der Waals surface area contributed by atoms with Gasteiger partial charge in [0.15, 0.2) is 11.6 Å². The van der Waals surface area contributed by atoms with E-state index in [1.165, 1.54) is 12.3 Å². The number of rotatable bonds is 4. The van der Waals surface area contributed by atoms with E-state index in [0.29, 0.717) is 17.1 Å². The highest BCUT2D eigenvalue weighted by molar-refractivity contribution is 6.33. The van der Waals surface area contributed by atoms with E-state index < -0.39 is 0 Å². The van der Waals surface area contributed by atoms with Crippen molar-refractivity contribution >= 4 is 23.3 Å². The van der Waals surface area contributed by atoms with E-state index in [4.69, 9.17) is 22.0 Å². The van der Waals surface area contributed by atoms with Crippen molar-refractivity contribution in [3.8, 4) is 0 Å². The van der Waals surface area contributed by atoms with Gasteiger partial charge in [0.1, 0.15) is 0 Å². The molecule has 8 heteroatoms.